The second kappa shape index (κ2) is 40.0. The quantitative estimate of drug-likeness (QED) is 0.0129. The average Bonchev–Trinajstić information content (AvgIpc) is 1.66. The summed E-state index contributed by atoms with van der Waals surface area (Å²) in [5.41, 5.74) is 3.08. The summed E-state index contributed by atoms with van der Waals surface area (Å²) in [6.07, 6.45) is -19.5. The Morgan fingerprint density at radius 3 is 1.19 bits per heavy atom. The molecule has 1 aromatic carbocycles. The first-order valence-electron chi connectivity index (χ1n) is 36.4. The van der Waals surface area contributed by atoms with E-state index < -0.39 is 293 Å². The van der Waals surface area contributed by atoms with Gasteiger partial charge in [0.05, 0.1) is 46.0 Å². The van der Waals surface area contributed by atoms with Crippen molar-refractivity contribution < 1.29 is 132 Å². The molecule has 660 valence electrons. The molecule has 0 spiro atoms. The van der Waals surface area contributed by atoms with Gasteiger partial charge in [-0.1, -0.05) is 44.2 Å². The number of phosphoric ester groups is 3. The van der Waals surface area contributed by atoms with Gasteiger partial charge in [0, 0.05) is 86.1 Å². The van der Waals surface area contributed by atoms with Crippen molar-refractivity contribution in [3.05, 3.63) is 166 Å². The van der Waals surface area contributed by atoms with Crippen LogP contribution in [0.1, 0.15) is 106 Å². The minimum absolute atomic E-state index is 0.0106. The molecular weight excluding hydrogens is 1690 g/mol. The van der Waals surface area contributed by atoms with Gasteiger partial charge in [0.25, 0.3) is 22.2 Å². The van der Waals surface area contributed by atoms with Crippen molar-refractivity contribution in [2.24, 2.45) is 17.4 Å². The van der Waals surface area contributed by atoms with E-state index >= 15 is 0 Å². The number of esters is 1. The fourth-order valence-electron chi connectivity index (χ4n) is 12.7. The average molecular weight is 1780 g/mol. The number of carbonyl (C=O) groups is 7. The molecule has 0 radical (unpaired) electrons. The van der Waals surface area contributed by atoms with Crippen LogP contribution in [0.25, 0.3) is 0 Å². The molecule has 120 heavy (non-hydrogen) atoms. The maximum absolute atomic E-state index is 14.4. The molecule has 0 aliphatic carbocycles. The van der Waals surface area contributed by atoms with Crippen LogP contribution in [0, 0.1) is 33.6 Å². The van der Waals surface area contributed by atoms with Crippen LogP contribution in [0.15, 0.2) is 93.5 Å². The lowest BCUT2D eigenvalue weighted by Crippen LogP contribution is -2.60. The van der Waals surface area contributed by atoms with Crippen molar-refractivity contribution >= 4 is 72.6 Å². The number of phosphoric acid groups is 3. The first-order chi connectivity index (χ1) is 56.2. The number of carbonyl (C=O) groups excluding carboxylic acids is 7. The Kier molecular flexibility index (Phi) is 31.4. The van der Waals surface area contributed by atoms with Crippen molar-refractivity contribution in [2.75, 3.05) is 39.6 Å². The maximum atomic E-state index is 14.4. The minimum atomic E-state index is -5.70. The number of nitrogens with one attached hydrogen (secondary N) is 9. The molecule has 20 atom stereocenters. The fourth-order valence-corrected chi connectivity index (χ4v) is 16.4. The third kappa shape index (κ3) is 25.5. The Hall–Kier alpha value is -9.53. The lowest BCUT2D eigenvalue weighted by Gasteiger charge is -2.28. The van der Waals surface area contributed by atoms with Gasteiger partial charge in [-0.25, -0.2) is 47.3 Å². The molecule has 6 amide bonds. The summed E-state index contributed by atoms with van der Waals surface area (Å²) in [5, 5.41) is 22.1. The number of H-pyrrole nitrogens is 4. The number of aliphatic hydroxyl groups excluding tert-OH is 1. The van der Waals surface area contributed by atoms with Gasteiger partial charge in [-0.15, -0.1) is 0 Å². The van der Waals surface area contributed by atoms with Crippen molar-refractivity contribution in [1.29, 1.82) is 0 Å². The van der Waals surface area contributed by atoms with Crippen LogP contribution in [-0.4, -0.2) is 217 Å². The first kappa shape index (κ1) is 94.3. The summed E-state index contributed by atoms with van der Waals surface area (Å²) in [7, 11) is -21.8. The number of aliphatic hydroxyl groups is 1. The van der Waals surface area contributed by atoms with Gasteiger partial charge in [0.1, 0.15) is 91.9 Å². The highest BCUT2D eigenvalue weighted by Gasteiger charge is 2.50. The number of amides is 6. The highest BCUT2D eigenvalue weighted by Crippen LogP contribution is 2.54. The van der Waals surface area contributed by atoms with E-state index in [1.54, 1.807) is 30.3 Å². The molecular formula is C65H89N15O36P4. The number of nitrogens with two attached hydrogens (primary N) is 2. The van der Waals surface area contributed by atoms with Crippen LogP contribution >= 0.6 is 31.2 Å². The highest BCUT2D eigenvalue weighted by molar-refractivity contribution is 7.50. The zero-order valence-corrected chi connectivity index (χ0v) is 68.2. The maximum Gasteiger partial charge on any atom is 0.472 e. The Bertz CT molecular complexity index is 5340. The van der Waals surface area contributed by atoms with Crippen molar-refractivity contribution in [3.8, 4) is 0 Å². The molecule has 0 bridgehead atoms. The molecule has 0 saturated carbocycles. The van der Waals surface area contributed by atoms with E-state index in [1.807, 2.05) is 20.0 Å². The number of aryl methyl sites for hydroxylation is 4. The molecule has 8 heterocycles. The van der Waals surface area contributed by atoms with E-state index in [-0.39, 0.29) is 28.7 Å². The van der Waals surface area contributed by atoms with Crippen molar-refractivity contribution in [2.45, 2.75) is 185 Å². The van der Waals surface area contributed by atoms with Gasteiger partial charge < -0.3 is 81.1 Å². The Morgan fingerprint density at radius 1 is 0.492 bits per heavy atom. The summed E-state index contributed by atoms with van der Waals surface area (Å²) in [6.45, 7) is 2.68. The number of aromatic amines is 4. The predicted molar refractivity (Wildman–Crippen MR) is 402 cm³/mol. The fraction of sp³-hybridized carbons (Fsp3) is 0.554. The van der Waals surface area contributed by atoms with E-state index in [1.165, 1.54) is 41.5 Å². The molecule has 9 rings (SSSR count). The molecule has 4 unspecified atom stereocenters. The van der Waals surface area contributed by atoms with Crippen LogP contribution < -0.4 is 82.8 Å². The number of aromatic nitrogens is 8. The predicted octanol–water partition coefficient (Wildman–Crippen LogP) is -5.09. The van der Waals surface area contributed by atoms with Gasteiger partial charge in [0.2, 0.25) is 35.4 Å². The summed E-state index contributed by atoms with van der Waals surface area (Å²) in [4.78, 5) is 247. The molecule has 4 fully saturated rings. The van der Waals surface area contributed by atoms with Crippen LogP contribution in [0.5, 0.6) is 0 Å². The Labute approximate surface area is 674 Å². The second-order valence-electron chi connectivity index (χ2n) is 28.3. The van der Waals surface area contributed by atoms with Gasteiger partial charge >= 0.3 is 59.9 Å². The van der Waals surface area contributed by atoms with Gasteiger partial charge in [-0.05, 0) is 39.2 Å². The molecule has 55 heteroatoms. The summed E-state index contributed by atoms with van der Waals surface area (Å²) in [5.74, 6) is -8.12. The third-order valence-corrected chi connectivity index (χ3v) is 22.8. The smallest absolute Gasteiger partial charge is 0.458 e. The monoisotopic (exact) mass is 1780 g/mol. The molecule has 18 N–H and O–H groups in total. The van der Waals surface area contributed by atoms with Crippen LogP contribution in [0.2, 0.25) is 0 Å². The second-order valence-corrected chi connectivity index (χ2v) is 34.2. The van der Waals surface area contributed by atoms with Gasteiger partial charge in [-0.3, -0.25) is 118 Å². The molecule has 5 aromatic rings. The zero-order valence-electron chi connectivity index (χ0n) is 64.6. The molecule has 4 aliphatic rings. The van der Waals surface area contributed by atoms with Crippen LogP contribution in [-0.2, 0) is 114 Å². The lowest BCUT2D eigenvalue weighted by molar-refractivity contribution is -0.158. The number of primary amides is 2. The van der Waals surface area contributed by atoms with Gasteiger partial charge in [-0.2, -0.15) is 0 Å². The summed E-state index contributed by atoms with van der Waals surface area (Å²) < 4.78 is 126. The number of hydrogen-bond donors (Lipinski definition) is 16. The number of nitrogens with zero attached hydrogens (tertiary/aromatic N) is 4. The van der Waals surface area contributed by atoms with E-state index in [4.69, 9.17) is 66.8 Å². The zero-order chi connectivity index (χ0) is 88.4. The summed E-state index contributed by atoms with van der Waals surface area (Å²) >= 11 is 0. The van der Waals surface area contributed by atoms with E-state index in [0.717, 1.165) is 50.0 Å². The number of ether oxygens (including phenoxy) is 5. The Morgan fingerprint density at radius 2 is 0.842 bits per heavy atom. The molecule has 4 aliphatic heterocycles. The molecule has 4 aromatic heterocycles. The van der Waals surface area contributed by atoms with Gasteiger partial charge in [0.15, 0.2) is 6.04 Å². The largest absolute Gasteiger partial charge is 0.472 e. The summed E-state index contributed by atoms with van der Waals surface area (Å²) in [6, 6.07) is 1.57. The SMILES string of the molecule is CC(=O)N[C@@H](CC(N)=O)C(=O)N[C@@H](Cc1ccccc1)C(=O)N[C@H](C(=O)N[C@@H](CO)C(=O)O[C@H]1C[C@H](n2cc(C)c(=O)[nH]c2=O)O[C@@H]1COP(=O)(O)O[C@H]1C[C@H](n2cc(C)c(=O)[nH]c2=O)O[C@@H]1COP(=O)(O)O[C@H]1C[C@H](n2cc(C)c(=O)[nH]c2=O)O[C@@H]1COP(=O)(O)O[C@H]1C[C@H](n2cc(C)c(=O)[nH]c2=O)O[C@@H]1COP(=O)(O)NCC(N)=O)C(C)C. The first-order valence-corrected chi connectivity index (χ1v) is 42.4. The normalized spacial score (nSPS) is 24.7. The van der Waals surface area contributed by atoms with Crippen molar-refractivity contribution in [3.63, 3.8) is 0 Å². The van der Waals surface area contributed by atoms with E-state index in [9.17, 15) is 115 Å². The topological polar surface area (TPSA) is 731 Å². The minimum Gasteiger partial charge on any atom is -0.458 e. The third-order valence-electron chi connectivity index (χ3n) is 18.7. The van der Waals surface area contributed by atoms with Crippen molar-refractivity contribution in [1.82, 2.24) is 64.6 Å². The van der Waals surface area contributed by atoms with E-state index in [2.05, 4.69) is 26.3 Å². The molecule has 51 nitrogen and oxygen atoms in total. The van der Waals surface area contributed by atoms with Crippen LogP contribution in [0.4, 0.5) is 0 Å². The lowest BCUT2D eigenvalue weighted by atomic mass is 10.00. The Balaban J connectivity index is 0.916. The molecule has 4 saturated heterocycles. The van der Waals surface area contributed by atoms with E-state index in [0.29, 0.717) is 5.56 Å². The standard InChI is InChI=1S/C65H89N15O36P4/c1-29(2)53(72-59(90)36(13-35-11-9-8-10-12-35)70-58(89)37(14-47(66)83)69-34(7)82)60(91)71-38(24-81)61(92)113-39-15-49(77-20-30(3)54(85)73-62(77)93)109-43(39)26-106-118(99,100)115-41-17-51(79-22-32(5)56(87)75-64(79)95)111-45(41)28-108-120(103,104)116-42-18-52(80-23-33(6)57(88)76-65(80)96)112-46(42)27-107-119(101,102)114-40-16-50(78-21-31(4)55(86)74-63(78)94)110-44(40)25-105-117(97,98)68-19-48(67)84/h8-12,20-23,29,36-46,49-53,81H,13-19,24-28H2,1-7H3,(H2,66,83)(H2,67,84)(H,69,82)(H,70,89)(H,71,91)(H,72,90)(H,99,100)(H,101,102)(H,103,104)(H2,68,97,98)(H,73,85,93)(H,74,86,94)(H,75,87,95)(H,76,88,96)/t36-,37-,38-,39-,40-,41-,42-,43+,44+,45+,46+,49+,50+,51+,52+,53-/m0/s1. The van der Waals surface area contributed by atoms with Crippen LogP contribution in [0.3, 0.4) is 0 Å². The highest BCUT2D eigenvalue weighted by atomic mass is 31.2. The number of rotatable bonds is 40. The number of benzene rings is 1. The number of hydrogen-bond acceptors (Lipinski definition) is 32.